The first-order valence-corrected chi connectivity index (χ1v) is 8.88. The van der Waals surface area contributed by atoms with Crippen molar-refractivity contribution in [1.29, 1.82) is 0 Å². The Morgan fingerprint density at radius 2 is 1.71 bits per heavy atom. The fourth-order valence-corrected chi connectivity index (χ4v) is 2.84. The molecule has 0 spiro atoms. The highest BCUT2D eigenvalue weighted by Gasteiger charge is 2.23. The van der Waals surface area contributed by atoms with E-state index in [-0.39, 0.29) is 5.97 Å². The number of hydrogen-bond donors (Lipinski definition) is 0. The molecule has 0 saturated carbocycles. The standard InChI is InChI=1S/C20H28N2O2/c1-5-7-9-17-19(20(23)24-4)21-18(10-8-6-2)22(17)16-13-11-15(3)12-14-16/h11-14H,5-10H2,1-4H3. The molecule has 0 aliphatic rings. The molecule has 0 N–H and O–H groups in total. The van der Waals surface area contributed by atoms with Gasteiger partial charge < -0.3 is 4.74 Å². The Labute approximate surface area is 144 Å². The van der Waals surface area contributed by atoms with Gasteiger partial charge >= 0.3 is 5.97 Å². The highest BCUT2D eigenvalue weighted by atomic mass is 16.5. The number of carbonyl (C=O) groups is 1. The van der Waals surface area contributed by atoms with Crippen LogP contribution in [0.3, 0.4) is 0 Å². The largest absolute Gasteiger partial charge is 0.464 e. The van der Waals surface area contributed by atoms with Crippen molar-refractivity contribution in [2.45, 2.75) is 59.3 Å². The Morgan fingerprint density at radius 3 is 2.29 bits per heavy atom. The summed E-state index contributed by atoms with van der Waals surface area (Å²) in [5, 5.41) is 0. The summed E-state index contributed by atoms with van der Waals surface area (Å²) in [5.74, 6) is 0.608. The molecular weight excluding hydrogens is 300 g/mol. The van der Waals surface area contributed by atoms with Crippen molar-refractivity contribution < 1.29 is 9.53 Å². The maximum atomic E-state index is 12.2. The second-order valence-electron chi connectivity index (χ2n) is 6.19. The van der Waals surface area contributed by atoms with E-state index in [2.05, 4.69) is 54.6 Å². The summed E-state index contributed by atoms with van der Waals surface area (Å²) in [5.41, 5.74) is 3.73. The third-order valence-electron chi connectivity index (χ3n) is 4.23. The van der Waals surface area contributed by atoms with Crippen molar-refractivity contribution in [2.75, 3.05) is 7.11 Å². The first kappa shape index (κ1) is 18.2. The molecule has 130 valence electrons. The minimum atomic E-state index is -0.343. The van der Waals surface area contributed by atoms with Crippen LogP contribution in [-0.4, -0.2) is 22.6 Å². The van der Waals surface area contributed by atoms with E-state index in [4.69, 9.17) is 4.74 Å². The van der Waals surface area contributed by atoms with E-state index >= 15 is 0 Å². The van der Waals surface area contributed by atoms with Gasteiger partial charge in [0.15, 0.2) is 5.69 Å². The van der Waals surface area contributed by atoms with E-state index in [1.165, 1.54) is 12.7 Å². The Balaban J connectivity index is 2.58. The monoisotopic (exact) mass is 328 g/mol. The van der Waals surface area contributed by atoms with Gasteiger partial charge in [0.1, 0.15) is 5.82 Å². The number of aryl methyl sites for hydroxylation is 2. The Kier molecular flexibility index (Phi) is 6.59. The van der Waals surface area contributed by atoms with Gasteiger partial charge in [-0.15, -0.1) is 0 Å². The van der Waals surface area contributed by atoms with Gasteiger partial charge in [0.25, 0.3) is 0 Å². The zero-order chi connectivity index (χ0) is 17.5. The molecule has 0 fully saturated rings. The number of methoxy groups -OCH3 is 1. The molecule has 0 radical (unpaired) electrons. The molecule has 4 nitrogen and oxygen atoms in total. The number of ether oxygens (including phenoxy) is 1. The van der Waals surface area contributed by atoms with Gasteiger partial charge in [-0.1, -0.05) is 44.4 Å². The number of benzene rings is 1. The topological polar surface area (TPSA) is 44.1 Å². The number of hydrogen-bond acceptors (Lipinski definition) is 3. The molecular formula is C20H28N2O2. The minimum absolute atomic E-state index is 0.343. The molecule has 0 amide bonds. The zero-order valence-corrected chi connectivity index (χ0v) is 15.3. The molecule has 1 aromatic heterocycles. The third kappa shape index (κ3) is 4.05. The molecule has 0 bridgehead atoms. The van der Waals surface area contributed by atoms with Gasteiger partial charge in [-0.05, 0) is 38.3 Å². The van der Waals surface area contributed by atoms with Crippen molar-refractivity contribution in [2.24, 2.45) is 0 Å². The Morgan fingerprint density at radius 1 is 1.08 bits per heavy atom. The molecule has 0 unspecified atom stereocenters. The van der Waals surface area contributed by atoms with Crippen molar-refractivity contribution >= 4 is 5.97 Å². The van der Waals surface area contributed by atoms with E-state index in [9.17, 15) is 4.79 Å². The van der Waals surface area contributed by atoms with E-state index in [0.29, 0.717) is 5.69 Å². The molecule has 4 heteroatoms. The fraction of sp³-hybridized carbons (Fsp3) is 0.500. The van der Waals surface area contributed by atoms with Gasteiger partial charge in [0, 0.05) is 12.1 Å². The maximum Gasteiger partial charge on any atom is 0.358 e. The molecule has 2 aromatic rings. The number of rotatable bonds is 8. The van der Waals surface area contributed by atoms with Crippen molar-refractivity contribution in [3.8, 4) is 5.69 Å². The summed E-state index contributed by atoms with van der Waals surface area (Å²) in [4.78, 5) is 16.9. The number of esters is 1. The second-order valence-corrected chi connectivity index (χ2v) is 6.19. The maximum absolute atomic E-state index is 12.2. The molecule has 1 heterocycles. The van der Waals surface area contributed by atoms with E-state index < -0.39 is 0 Å². The number of unbranched alkanes of at least 4 members (excludes halogenated alkanes) is 2. The van der Waals surface area contributed by atoms with Crippen molar-refractivity contribution in [3.63, 3.8) is 0 Å². The van der Waals surface area contributed by atoms with Crippen LogP contribution in [0.2, 0.25) is 0 Å². The summed E-state index contributed by atoms with van der Waals surface area (Å²) in [7, 11) is 1.42. The van der Waals surface area contributed by atoms with Crippen LogP contribution < -0.4 is 0 Å². The van der Waals surface area contributed by atoms with Crippen LogP contribution >= 0.6 is 0 Å². The summed E-state index contributed by atoms with van der Waals surface area (Å²) >= 11 is 0. The average Bonchev–Trinajstić information content (AvgIpc) is 2.96. The van der Waals surface area contributed by atoms with Crippen molar-refractivity contribution in [3.05, 3.63) is 47.0 Å². The lowest BCUT2D eigenvalue weighted by Crippen LogP contribution is -2.09. The van der Waals surface area contributed by atoms with Gasteiger partial charge in [0.2, 0.25) is 0 Å². The molecule has 2 rings (SSSR count). The van der Waals surface area contributed by atoms with Crippen LogP contribution in [0.4, 0.5) is 0 Å². The normalized spacial score (nSPS) is 10.8. The SMILES string of the molecule is CCCCc1nc(C(=O)OC)c(CCCC)n1-c1ccc(C)cc1. The zero-order valence-electron chi connectivity index (χ0n) is 15.3. The quantitative estimate of drug-likeness (QED) is 0.662. The Bertz CT molecular complexity index is 672. The van der Waals surface area contributed by atoms with E-state index in [1.54, 1.807) is 0 Å². The lowest BCUT2D eigenvalue weighted by Gasteiger charge is -2.13. The summed E-state index contributed by atoms with van der Waals surface area (Å²) in [6.45, 7) is 6.40. The van der Waals surface area contributed by atoms with Gasteiger partial charge in [-0.25, -0.2) is 9.78 Å². The number of imidazole rings is 1. The van der Waals surface area contributed by atoms with E-state index in [0.717, 1.165) is 55.7 Å². The summed E-state index contributed by atoms with van der Waals surface area (Å²) in [6.07, 6.45) is 5.93. The van der Waals surface area contributed by atoms with Crippen LogP contribution in [0, 0.1) is 6.92 Å². The Hall–Kier alpha value is -2.10. The molecule has 0 atom stereocenters. The summed E-state index contributed by atoms with van der Waals surface area (Å²) < 4.78 is 7.13. The fourth-order valence-electron chi connectivity index (χ4n) is 2.84. The first-order valence-electron chi connectivity index (χ1n) is 8.88. The van der Waals surface area contributed by atoms with Gasteiger partial charge in [-0.2, -0.15) is 0 Å². The minimum Gasteiger partial charge on any atom is -0.464 e. The third-order valence-corrected chi connectivity index (χ3v) is 4.23. The number of nitrogens with zero attached hydrogens (tertiary/aromatic N) is 2. The predicted octanol–water partition coefficient (Wildman–Crippen LogP) is 4.65. The van der Waals surface area contributed by atoms with Crippen LogP contribution in [0.15, 0.2) is 24.3 Å². The van der Waals surface area contributed by atoms with Crippen molar-refractivity contribution in [1.82, 2.24) is 9.55 Å². The second kappa shape index (κ2) is 8.67. The smallest absolute Gasteiger partial charge is 0.358 e. The number of aromatic nitrogens is 2. The lowest BCUT2D eigenvalue weighted by molar-refractivity contribution is 0.0593. The van der Waals surface area contributed by atoms with Crippen LogP contribution in [0.5, 0.6) is 0 Å². The van der Waals surface area contributed by atoms with Crippen LogP contribution in [0.1, 0.15) is 67.1 Å². The molecule has 24 heavy (non-hydrogen) atoms. The number of carbonyl (C=O) groups excluding carboxylic acids is 1. The lowest BCUT2D eigenvalue weighted by atomic mass is 10.1. The first-order chi connectivity index (χ1) is 11.6. The van der Waals surface area contributed by atoms with Crippen LogP contribution in [0.25, 0.3) is 5.69 Å². The van der Waals surface area contributed by atoms with Gasteiger partial charge in [0.05, 0.1) is 12.8 Å². The predicted molar refractivity (Wildman–Crippen MR) is 96.9 cm³/mol. The van der Waals surface area contributed by atoms with Gasteiger partial charge in [-0.3, -0.25) is 4.57 Å². The summed E-state index contributed by atoms with van der Waals surface area (Å²) in [6, 6.07) is 8.40. The molecule has 0 aliphatic carbocycles. The average molecular weight is 328 g/mol. The molecule has 0 aliphatic heterocycles. The highest BCUT2D eigenvalue weighted by molar-refractivity contribution is 5.88. The van der Waals surface area contributed by atoms with E-state index in [1.807, 2.05) is 0 Å². The molecule has 1 aromatic carbocycles. The molecule has 0 saturated heterocycles. The highest BCUT2D eigenvalue weighted by Crippen LogP contribution is 2.23. The van der Waals surface area contributed by atoms with Crippen LogP contribution in [-0.2, 0) is 17.6 Å².